The maximum absolute atomic E-state index is 13.4. The van der Waals surface area contributed by atoms with E-state index in [-0.39, 0.29) is 0 Å². The van der Waals surface area contributed by atoms with Crippen molar-refractivity contribution in [3.8, 4) is 0 Å². The minimum Gasteiger partial charge on any atom is -0.396 e. The second kappa shape index (κ2) is 8.99. The van der Waals surface area contributed by atoms with Crippen LogP contribution in [0.15, 0.2) is 0 Å². The van der Waals surface area contributed by atoms with Crippen LogP contribution in [0.1, 0.15) is 6.42 Å². The highest BCUT2D eigenvalue weighted by molar-refractivity contribution is 5.19. The lowest BCUT2D eigenvalue weighted by Gasteiger charge is -2.45. The summed E-state index contributed by atoms with van der Waals surface area (Å²) in [5, 5.41) is 0. The zero-order chi connectivity index (χ0) is 28.2. The first kappa shape index (κ1) is 33.3. The average Bonchev–Trinajstić information content (AvgIpc) is 2.57. The molecule has 0 aliphatic rings. The van der Waals surface area contributed by atoms with E-state index in [1.54, 1.807) is 0 Å². The van der Waals surface area contributed by atoms with Crippen LogP contribution in [0, 0.1) is 0 Å². The first-order valence-corrected chi connectivity index (χ1v) is 9.84. The highest BCUT2D eigenvalue weighted by Crippen LogP contribution is 2.66. The van der Waals surface area contributed by atoms with Gasteiger partial charge in [0.15, 0.2) is 0 Å². The van der Waals surface area contributed by atoms with Crippen molar-refractivity contribution in [3.63, 3.8) is 0 Å². The van der Waals surface area contributed by atoms with Gasteiger partial charge in [-0.2, -0.15) is 79.0 Å². The third-order valence-electron chi connectivity index (χ3n) is 3.83. The van der Waals surface area contributed by atoms with Crippen molar-refractivity contribution in [3.05, 3.63) is 0 Å². The van der Waals surface area contributed by atoms with Gasteiger partial charge in [0.2, 0.25) is 0 Å². The molecule has 23 heteroatoms. The zero-order valence-corrected chi connectivity index (χ0v) is 16.9. The Hall–Kier alpha value is -0.720. The van der Waals surface area contributed by atoms with Crippen LogP contribution in [0.5, 0.6) is 0 Å². The van der Waals surface area contributed by atoms with Crippen molar-refractivity contribution < 1.29 is 114 Å². The topological polar surface area (TPSA) is 55.3 Å². The maximum atomic E-state index is 13.4. The van der Waals surface area contributed by atoms with Crippen molar-refractivity contribution in [1.82, 2.24) is 0 Å². The molecule has 0 fully saturated rings. The molecule has 0 unspecified atom stereocenters. The van der Waals surface area contributed by atoms with E-state index in [1.807, 2.05) is 0 Å². The molecule has 0 atom stereocenters. The van der Waals surface area contributed by atoms with E-state index in [2.05, 4.69) is 3.07 Å². The van der Waals surface area contributed by atoms with Crippen molar-refractivity contribution in [2.75, 3.05) is 6.61 Å². The van der Waals surface area contributed by atoms with Gasteiger partial charge in [0.1, 0.15) is 6.61 Å². The van der Waals surface area contributed by atoms with E-state index in [4.69, 9.17) is 0 Å². The Morgan fingerprint density at radius 2 is 0.765 bits per heavy atom. The number of alkyl halides is 19. The Bertz CT molecular complexity index is 697. The molecule has 34 heavy (non-hydrogen) atoms. The summed E-state index contributed by atoms with van der Waals surface area (Å²) in [6.07, 6.45) is -19.7. The second-order valence-corrected chi connectivity index (χ2v) is 7.68. The highest BCUT2D eigenvalue weighted by atomic mass is 127. The van der Waals surface area contributed by atoms with Gasteiger partial charge in [0, 0.05) is 6.42 Å². The van der Waals surface area contributed by atoms with E-state index >= 15 is 0 Å². The molecule has 0 spiro atoms. The molecular weight excluding hydrogens is 668 g/mol. The number of rotatable bonds is 10. The van der Waals surface area contributed by atoms with Gasteiger partial charge in [-0.3, -0.25) is 0 Å². The Balaban J connectivity index is 6.82. The minimum absolute atomic E-state index is 2.23. The largest absolute Gasteiger partial charge is 0.506 e. The standard InChI is InChI=1S/C11H4F19IO3/c12-3(13,1-2-34-31(32)33)5(15,16)7(19,20)9(23,24)8(21,22)6(17,18)4(14,10(25,26)27)11(28,29)30/h1-2H2. The van der Waals surface area contributed by atoms with Gasteiger partial charge < -0.3 is 6.87 Å². The van der Waals surface area contributed by atoms with E-state index in [0.717, 1.165) is 0 Å². The van der Waals surface area contributed by atoms with Gasteiger partial charge in [0.25, 0.3) is 0 Å². The Kier molecular flexibility index (Phi) is 8.80. The summed E-state index contributed by atoms with van der Waals surface area (Å²) in [6.45, 7) is -2.23. The number of hydrogen-bond donors (Lipinski definition) is 0. The molecule has 0 bridgehead atoms. The van der Waals surface area contributed by atoms with E-state index in [9.17, 15) is 90.3 Å². The molecule has 0 N–H and O–H groups in total. The molecule has 0 aliphatic heterocycles. The van der Waals surface area contributed by atoms with Crippen molar-refractivity contribution in [2.24, 2.45) is 0 Å². The Morgan fingerprint density at radius 1 is 0.471 bits per heavy atom. The van der Waals surface area contributed by atoms with Crippen molar-refractivity contribution in [1.29, 1.82) is 0 Å². The SMILES string of the molecule is [O-][I+2]([O-])OCCC(F)(F)C(F)(F)C(F)(F)C(F)(F)C(F)(F)C(F)(F)C(F)(C(F)(F)F)C(F)(F)F. The van der Waals surface area contributed by atoms with Gasteiger partial charge in [-0.15, -0.1) is 0 Å². The van der Waals surface area contributed by atoms with E-state index < -0.39 is 87.6 Å². The fourth-order valence-electron chi connectivity index (χ4n) is 1.94. The fourth-order valence-corrected chi connectivity index (χ4v) is 2.52. The third-order valence-corrected chi connectivity index (χ3v) is 4.78. The van der Waals surface area contributed by atoms with Crippen LogP contribution in [0.25, 0.3) is 0 Å². The lowest BCUT2D eigenvalue weighted by Crippen LogP contribution is -3.99. The van der Waals surface area contributed by atoms with Gasteiger partial charge in [-0.05, 0) is 3.07 Å². The summed E-state index contributed by atoms with van der Waals surface area (Å²) in [5.74, 6) is -50.5. The summed E-state index contributed by atoms with van der Waals surface area (Å²) in [4.78, 5) is 0. The summed E-state index contributed by atoms with van der Waals surface area (Å²) >= 11 is -5.04. The molecule has 0 radical (unpaired) electrons. The fraction of sp³-hybridized carbons (Fsp3) is 1.00. The quantitative estimate of drug-likeness (QED) is 0.259. The van der Waals surface area contributed by atoms with Crippen LogP contribution in [0.3, 0.4) is 0 Å². The maximum Gasteiger partial charge on any atom is 0.506 e. The summed E-state index contributed by atoms with van der Waals surface area (Å²) < 4.78 is 271. The molecule has 0 aromatic carbocycles. The monoisotopic (exact) mass is 672 g/mol. The van der Waals surface area contributed by atoms with Crippen LogP contribution in [-0.2, 0) is 3.07 Å². The summed E-state index contributed by atoms with van der Waals surface area (Å²) in [6, 6.07) is 0. The van der Waals surface area contributed by atoms with Crippen LogP contribution < -0.4 is 27.9 Å². The normalized spacial score (nSPS) is 16.4. The first-order chi connectivity index (χ1) is 14.4. The average molecular weight is 672 g/mol. The number of hydrogen-bond acceptors (Lipinski definition) is 3. The van der Waals surface area contributed by atoms with Crippen LogP contribution in [0.4, 0.5) is 83.4 Å². The molecule has 206 valence electrons. The summed E-state index contributed by atoms with van der Waals surface area (Å²) in [7, 11) is 0. The van der Waals surface area contributed by atoms with Crippen LogP contribution in [-0.4, -0.2) is 60.2 Å². The van der Waals surface area contributed by atoms with Gasteiger partial charge in [0.05, 0.1) is 0 Å². The Labute approximate surface area is 181 Å². The Morgan fingerprint density at radius 3 is 1.06 bits per heavy atom. The lowest BCUT2D eigenvalue weighted by atomic mass is 9.83. The summed E-state index contributed by atoms with van der Waals surface area (Å²) in [5.41, 5.74) is -8.79. The third kappa shape index (κ3) is 4.68. The molecular formula is C11H4F19IO3. The molecule has 0 saturated heterocycles. The van der Waals surface area contributed by atoms with Gasteiger partial charge in [-0.25, -0.2) is 4.39 Å². The zero-order valence-electron chi connectivity index (χ0n) is 14.7. The molecule has 3 nitrogen and oxygen atoms in total. The van der Waals surface area contributed by atoms with Crippen LogP contribution in [0.2, 0.25) is 0 Å². The smallest absolute Gasteiger partial charge is 0.396 e. The van der Waals surface area contributed by atoms with E-state index in [1.165, 1.54) is 0 Å². The molecule has 0 aromatic heterocycles. The minimum atomic E-state index is -9.08. The predicted molar refractivity (Wildman–Crippen MR) is 56.2 cm³/mol. The van der Waals surface area contributed by atoms with Gasteiger partial charge >= 0.3 is 74.6 Å². The second-order valence-electron chi connectivity index (χ2n) is 5.98. The molecule has 0 rings (SSSR count). The van der Waals surface area contributed by atoms with Crippen LogP contribution >= 0.6 is 0 Å². The molecule has 0 aliphatic carbocycles. The van der Waals surface area contributed by atoms with E-state index in [0.29, 0.717) is 0 Å². The number of halogens is 20. The van der Waals surface area contributed by atoms with Crippen molar-refractivity contribution >= 4 is 0 Å². The van der Waals surface area contributed by atoms with Crippen molar-refractivity contribution in [2.45, 2.75) is 60.0 Å². The molecule has 0 aromatic rings. The van der Waals surface area contributed by atoms with Gasteiger partial charge in [-0.1, -0.05) is 0 Å². The first-order valence-electron chi connectivity index (χ1n) is 7.20. The molecule has 0 saturated carbocycles. The highest BCUT2D eigenvalue weighted by Gasteiger charge is 2.98. The predicted octanol–water partition coefficient (Wildman–Crippen LogP) is 1.13. The molecule has 0 amide bonds. The lowest BCUT2D eigenvalue weighted by molar-refractivity contribution is -1.63. The molecule has 0 heterocycles.